The van der Waals surface area contributed by atoms with Crippen molar-refractivity contribution in [3.8, 4) is 0 Å². The van der Waals surface area contributed by atoms with Gasteiger partial charge in [0.25, 0.3) is 0 Å². The molecule has 1 atom stereocenters. The molecular formula is C10H21NO2S. The lowest BCUT2D eigenvalue weighted by Crippen LogP contribution is -2.46. The van der Waals surface area contributed by atoms with E-state index in [1.54, 1.807) is 14.2 Å². The molecule has 0 aromatic heterocycles. The summed E-state index contributed by atoms with van der Waals surface area (Å²) in [5, 5.41) is 3.56. The molecule has 0 radical (unpaired) electrons. The first-order valence-corrected chi connectivity index (χ1v) is 6.32. The summed E-state index contributed by atoms with van der Waals surface area (Å²) in [6, 6.07) is 0.900. The molecule has 1 saturated heterocycles. The Morgan fingerprint density at radius 2 is 1.79 bits per heavy atom. The Morgan fingerprint density at radius 1 is 1.21 bits per heavy atom. The Hall–Kier alpha value is 0.230. The Morgan fingerprint density at radius 3 is 2.29 bits per heavy atom. The molecule has 0 aromatic rings. The number of ether oxygens (including phenoxy) is 2. The van der Waals surface area contributed by atoms with Crippen molar-refractivity contribution in [3.63, 3.8) is 0 Å². The summed E-state index contributed by atoms with van der Waals surface area (Å²) in [6.45, 7) is 2.11. The van der Waals surface area contributed by atoms with E-state index in [0.717, 1.165) is 0 Å². The van der Waals surface area contributed by atoms with Gasteiger partial charge in [-0.25, -0.2) is 0 Å². The van der Waals surface area contributed by atoms with Crippen molar-refractivity contribution in [3.05, 3.63) is 0 Å². The van der Waals surface area contributed by atoms with E-state index in [1.165, 1.54) is 24.3 Å². The topological polar surface area (TPSA) is 30.5 Å². The van der Waals surface area contributed by atoms with E-state index >= 15 is 0 Å². The van der Waals surface area contributed by atoms with Crippen molar-refractivity contribution in [2.45, 2.75) is 38.1 Å². The number of rotatable bonds is 5. The van der Waals surface area contributed by atoms with Gasteiger partial charge in [0.2, 0.25) is 0 Å². The molecule has 1 aliphatic rings. The van der Waals surface area contributed by atoms with Crippen LogP contribution in [0, 0.1) is 0 Å². The molecule has 1 rings (SSSR count). The quantitative estimate of drug-likeness (QED) is 0.710. The van der Waals surface area contributed by atoms with Crippen molar-refractivity contribution in [2.24, 2.45) is 0 Å². The van der Waals surface area contributed by atoms with Crippen LogP contribution in [0.25, 0.3) is 0 Å². The van der Waals surface area contributed by atoms with E-state index in [2.05, 4.69) is 12.2 Å². The highest BCUT2D eigenvalue weighted by Gasteiger charge is 2.21. The molecule has 0 amide bonds. The third-order valence-corrected chi connectivity index (χ3v) is 3.64. The Balaban J connectivity index is 2.26. The van der Waals surface area contributed by atoms with Gasteiger partial charge in [0.1, 0.15) is 0 Å². The molecule has 0 bridgehead atoms. The van der Waals surface area contributed by atoms with Crippen LogP contribution >= 0.6 is 11.8 Å². The van der Waals surface area contributed by atoms with Crippen LogP contribution in [-0.4, -0.2) is 44.1 Å². The van der Waals surface area contributed by atoms with Gasteiger partial charge in [-0.1, -0.05) is 0 Å². The first-order chi connectivity index (χ1) is 6.77. The van der Waals surface area contributed by atoms with Gasteiger partial charge in [-0.05, 0) is 31.3 Å². The molecule has 0 aliphatic carbocycles. The van der Waals surface area contributed by atoms with Crippen LogP contribution in [0.2, 0.25) is 0 Å². The number of thioether (sulfide) groups is 1. The maximum Gasteiger partial charge on any atom is 0.171 e. The molecule has 1 heterocycles. The normalized spacial score (nSPS) is 21.4. The number of methoxy groups -OCH3 is 2. The van der Waals surface area contributed by atoms with Crippen molar-refractivity contribution in [1.82, 2.24) is 5.32 Å². The highest BCUT2D eigenvalue weighted by molar-refractivity contribution is 7.99. The van der Waals surface area contributed by atoms with Crippen LogP contribution in [0.4, 0.5) is 0 Å². The van der Waals surface area contributed by atoms with Crippen molar-refractivity contribution >= 4 is 11.8 Å². The van der Waals surface area contributed by atoms with Crippen molar-refractivity contribution < 1.29 is 9.47 Å². The lowest BCUT2D eigenvalue weighted by molar-refractivity contribution is -0.121. The molecule has 1 N–H and O–H groups in total. The second kappa shape index (κ2) is 6.67. The van der Waals surface area contributed by atoms with Crippen LogP contribution in [0.5, 0.6) is 0 Å². The van der Waals surface area contributed by atoms with E-state index in [1.807, 2.05) is 11.8 Å². The molecule has 14 heavy (non-hydrogen) atoms. The predicted molar refractivity (Wildman–Crippen MR) is 60.8 cm³/mol. The monoisotopic (exact) mass is 219 g/mol. The van der Waals surface area contributed by atoms with E-state index in [-0.39, 0.29) is 12.3 Å². The van der Waals surface area contributed by atoms with Gasteiger partial charge in [0.15, 0.2) is 6.29 Å². The summed E-state index contributed by atoms with van der Waals surface area (Å²) in [5.41, 5.74) is 0. The van der Waals surface area contributed by atoms with Gasteiger partial charge < -0.3 is 14.8 Å². The third kappa shape index (κ3) is 3.77. The number of hydrogen-bond donors (Lipinski definition) is 1. The predicted octanol–water partition coefficient (Wildman–Crippen LogP) is 1.48. The molecule has 0 spiro atoms. The zero-order valence-corrected chi connectivity index (χ0v) is 10.1. The second-order valence-electron chi connectivity index (χ2n) is 3.68. The maximum atomic E-state index is 5.21. The van der Waals surface area contributed by atoms with Crippen molar-refractivity contribution in [1.29, 1.82) is 0 Å². The molecule has 0 aromatic carbocycles. The fourth-order valence-corrected chi connectivity index (χ4v) is 2.93. The van der Waals surface area contributed by atoms with Crippen LogP contribution in [0.15, 0.2) is 0 Å². The van der Waals surface area contributed by atoms with E-state index in [4.69, 9.17) is 9.47 Å². The van der Waals surface area contributed by atoms with E-state index < -0.39 is 0 Å². The van der Waals surface area contributed by atoms with Crippen LogP contribution in [-0.2, 0) is 9.47 Å². The molecule has 1 unspecified atom stereocenters. The summed E-state index contributed by atoms with van der Waals surface area (Å²) in [6.07, 6.45) is 2.38. The van der Waals surface area contributed by atoms with Crippen LogP contribution in [0.3, 0.4) is 0 Å². The van der Waals surface area contributed by atoms with Gasteiger partial charge >= 0.3 is 0 Å². The Kier molecular flexibility index (Phi) is 5.86. The lowest BCUT2D eigenvalue weighted by atomic mass is 10.1. The van der Waals surface area contributed by atoms with Crippen molar-refractivity contribution in [2.75, 3.05) is 25.7 Å². The second-order valence-corrected chi connectivity index (χ2v) is 4.91. The molecule has 84 valence electrons. The average molecular weight is 219 g/mol. The number of nitrogens with one attached hydrogen (secondary N) is 1. The first-order valence-electron chi connectivity index (χ1n) is 5.17. The lowest BCUT2D eigenvalue weighted by Gasteiger charge is -2.29. The molecular weight excluding hydrogens is 198 g/mol. The highest BCUT2D eigenvalue weighted by atomic mass is 32.2. The fourth-order valence-electron chi connectivity index (χ4n) is 1.82. The smallest absolute Gasteiger partial charge is 0.171 e. The average Bonchev–Trinajstić information content (AvgIpc) is 2.21. The summed E-state index contributed by atoms with van der Waals surface area (Å²) in [5.74, 6) is 2.55. The van der Waals surface area contributed by atoms with Gasteiger partial charge in [0, 0.05) is 20.3 Å². The Labute approximate surface area is 90.9 Å². The highest BCUT2D eigenvalue weighted by Crippen LogP contribution is 2.17. The Bertz CT molecular complexity index is 147. The third-order valence-electron chi connectivity index (χ3n) is 2.59. The molecule has 1 aliphatic heterocycles. The minimum Gasteiger partial charge on any atom is -0.354 e. The van der Waals surface area contributed by atoms with E-state index in [9.17, 15) is 0 Å². The first kappa shape index (κ1) is 12.3. The maximum absolute atomic E-state index is 5.21. The fraction of sp³-hybridized carbons (Fsp3) is 1.00. The minimum absolute atomic E-state index is 0.135. The minimum atomic E-state index is -0.135. The summed E-state index contributed by atoms with van der Waals surface area (Å²) in [4.78, 5) is 0. The van der Waals surface area contributed by atoms with Crippen LogP contribution in [0.1, 0.15) is 19.8 Å². The largest absolute Gasteiger partial charge is 0.354 e. The summed E-state index contributed by atoms with van der Waals surface area (Å²) in [7, 11) is 3.37. The summed E-state index contributed by atoms with van der Waals surface area (Å²) < 4.78 is 10.4. The number of hydrogen-bond acceptors (Lipinski definition) is 4. The van der Waals surface area contributed by atoms with Gasteiger partial charge in [-0.15, -0.1) is 0 Å². The molecule has 3 nitrogen and oxygen atoms in total. The van der Waals surface area contributed by atoms with Crippen LogP contribution < -0.4 is 5.32 Å². The van der Waals surface area contributed by atoms with Gasteiger partial charge in [-0.2, -0.15) is 11.8 Å². The molecule has 1 fully saturated rings. The van der Waals surface area contributed by atoms with E-state index in [0.29, 0.717) is 6.04 Å². The summed E-state index contributed by atoms with van der Waals surface area (Å²) >= 11 is 2.04. The van der Waals surface area contributed by atoms with Gasteiger partial charge in [0.05, 0.1) is 6.04 Å². The molecule has 0 saturated carbocycles. The SMILES string of the molecule is COC(OC)C(C)NC1CCSCC1. The zero-order valence-electron chi connectivity index (χ0n) is 9.29. The zero-order chi connectivity index (χ0) is 10.4. The standard InChI is InChI=1S/C10H21NO2S/c1-8(10(12-2)13-3)11-9-4-6-14-7-5-9/h8-11H,4-7H2,1-3H3. The molecule has 4 heteroatoms. The van der Waals surface area contributed by atoms with Gasteiger partial charge in [-0.3, -0.25) is 0 Å².